The van der Waals surface area contributed by atoms with Crippen molar-refractivity contribution < 1.29 is 4.79 Å². The summed E-state index contributed by atoms with van der Waals surface area (Å²) in [5.41, 5.74) is 5.86. The molecule has 0 unspecified atom stereocenters. The minimum absolute atomic E-state index is 0.245. The molecule has 1 saturated heterocycles. The molecule has 1 fully saturated rings. The van der Waals surface area contributed by atoms with Gasteiger partial charge in [-0.15, -0.1) is 5.10 Å². The highest BCUT2D eigenvalue weighted by atomic mass is 16.2. The lowest BCUT2D eigenvalue weighted by atomic mass is 10.0. The Bertz CT molecular complexity index is 1090. The highest BCUT2D eigenvalue weighted by Crippen LogP contribution is 2.31. The molecule has 2 aromatic carbocycles. The van der Waals surface area contributed by atoms with E-state index >= 15 is 0 Å². The second-order valence-electron chi connectivity index (χ2n) is 7.88. The summed E-state index contributed by atoms with van der Waals surface area (Å²) in [4.78, 5) is 21.2. The molecule has 5 rings (SSSR count). The highest BCUT2D eigenvalue weighted by Gasteiger charge is 2.22. The van der Waals surface area contributed by atoms with E-state index in [4.69, 9.17) is 0 Å². The lowest BCUT2D eigenvalue weighted by Crippen LogP contribution is -2.47. The first-order valence-electron chi connectivity index (χ1n) is 10.3. The second-order valence-corrected chi connectivity index (χ2v) is 7.88. The molecule has 0 spiro atoms. The lowest BCUT2D eigenvalue weighted by molar-refractivity contribution is -0.132. The molecule has 7 heteroatoms. The fourth-order valence-electron chi connectivity index (χ4n) is 3.87. The predicted octanol–water partition coefficient (Wildman–Crippen LogP) is 2.46. The minimum Gasteiger partial charge on any atom is -0.340 e. The number of para-hydroxylation sites is 1. The number of likely N-dealkylation sites (N-methyl/N-ethyl adjacent to an activating group) is 1. The van der Waals surface area contributed by atoms with Crippen LogP contribution in [-0.4, -0.2) is 69.6 Å². The van der Waals surface area contributed by atoms with Crippen LogP contribution in [0.4, 0.5) is 5.69 Å². The van der Waals surface area contributed by atoms with E-state index in [1.54, 1.807) is 4.68 Å². The molecule has 0 bridgehead atoms. The Kier molecular flexibility index (Phi) is 4.88. The van der Waals surface area contributed by atoms with Crippen molar-refractivity contribution in [2.45, 2.75) is 12.8 Å². The number of aryl methyl sites for hydroxylation is 1. The number of rotatable bonds is 5. The van der Waals surface area contributed by atoms with Crippen molar-refractivity contribution in [3.05, 3.63) is 71.5 Å². The van der Waals surface area contributed by atoms with Crippen molar-refractivity contribution >= 4 is 17.3 Å². The molecule has 152 valence electrons. The van der Waals surface area contributed by atoms with Crippen molar-refractivity contribution in [2.24, 2.45) is 4.99 Å². The SMILES string of the molecule is CN1CCN(C(=O)CCc2ccc(-n3cc(C4=Nc5ccccc54)nn3)cc2)CC1. The van der Waals surface area contributed by atoms with Gasteiger partial charge in [0.2, 0.25) is 5.91 Å². The number of aromatic nitrogens is 3. The Labute approximate surface area is 175 Å². The van der Waals surface area contributed by atoms with Gasteiger partial charge >= 0.3 is 0 Å². The van der Waals surface area contributed by atoms with Crippen LogP contribution in [0, 0.1) is 0 Å². The zero-order valence-electron chi connectivity index (χ0n) is 17.0. The van der Waals surface area contributed by atoms with Crippen molar-refractivity contribution in [1.82, 2.24) is 24.8 Å². The van der Waals surface area contributed by atoms with Crippen molar-refractivity contribution in [3.63, 3.8) is 0 Å². The molecule has 0 atom stereocenters. The maximum absolute atomic E-state index is 12.4. The van der Waals surface area contributed by atoms with Crippen LogP contribution in [0.1, 0.15) is 23.2 Å². The number of piperazine rings is 1. The fourth-order valence-corrected chi connectivity index (χ4v) is 3.87. The lowest BCUT2D eigenvalue weighted by Gasteiger charge is -2.32. The average molecular weight is 400 g/mol. The molecule has 0 radical (unpaired) electrons. The molecular weight excluding hydrogens is 376 g/mol. The summed E-state index contributed by atoms with van der Waals surface area (Å²) >= 11 is 0. The van der Waals surface area contributed by atoms with Gasteiger partial charge in [0.1, 0.15) is 11.4 Å². The molecule has 0 N–H and O–H groups in total. The second kappa shape index (κ2) is 7.84. The number of hydrogen-bond donors (Lipinski definition) is 0. The zero-order valence-corrected chi connectivity index (χ0v) is 17.0. The smallest absolute Gasteiger partial charge is 0.222 e. The molecule has 30 heavy (non-hydrogen) atoms. The van der Waals surface area contributed by atoms with Crippen LogP contribution in [0.15, 0.2) is 59.7 Å². The molecular formula is C23H24N6O. The number of carbonyl (C=O) groups is 1. The van der Waals surface area contributed by atoms with Gasteiger partial charge in [-0.05, 0) is 37.2 Å². The molecule has 0 aliphatic carbocycles. The van der Waals surface area contributed by atoms with Crippen LogP contribution in [-0.2, 0) is 11.2 Å². The Morgan fingerprint density at radius 1 is 1.00 bits per heavy atom. The quantitative estimate of drug-likeness (QED) is 0.516. The van der Waals surface area contributed by atoms with E-state index in [0.29, 0.717) is 6.42 Å². The number of aliphatic imine (C=N–C) groups is 1. The summed E-state index contributed by atoms with van der Waals surface area (Å²) in [5.74, 6) is 0.245. The van der Waals surface area contributed by atoms with E-state index in [1.807, 2.05) is 41.4 Å². The van der Waals surface area contributed by atoms with E-state index in [-0.39, 0.29) is 5.91 Å². The highest BCUT2D eigenvalue weighted by molar-refractivity contribution is 6.20. The van der Waals surface area contributed by atoms with Gasteiger partial charge in [-0.1, -0.05) is 35.5 Å². The normalized spacial score (nSPS) is 16.0. The molecule has 7 nitrogen and oxygen atoms in total. The number of hydrogen-bond acceptors (Lipinski definition) is 5. The van der Waals surface area contributed by atoms with Crippen LogP contribution < -0.4 is 0 Å². The Hall–Kier alpha value is -3.32. The van der Waals surface area contributed by atoms with Crippen LogP contribution in [0.25, 0.3) is 5.69 Å². The molecule has 2 aliphatic rings. The van der Waals surface area contributed by atoms with E-state index in [1.165, 1.54) is 0 Å². The van der Waals surface area contributed by atoms with Gasteiger partial charge in [0.25, 0.3) is 0 Å². The number of nitrogens with zero attached hydrogens (tertiary/aromatic N) is 6. The van der Waals surface area contributed by atoms with Crippen molar-refractivity contribution in [2.75, 3.05) is 33.2 Å². The van der Waals surface area contributed by atoms with Gasteiger partial charge in [0.15, 0.2) is 0 Å². The van der Waals surface area contributed by atoms with Gasteiger partial charge in [0, 0.05) is 38.2 Å². The maximum atomic E-state index is 12.4. The largest absolute Gasteiger partial charge is 0.340 e. The average Bonchev–Trinajstić information content (AvgIpc) is 3.23. The molecule has 3 heterocycles. The number of carbonyl (C=O) groups excluding carboxylic acids is 1. The summed E-state index contributed by atoms with van der Waals surface area (Å²) in [7, 11) is 2.10. The van der Waals surface area contributed by atoms with Crippen LogP contribution >= 0.6 is 0 Å². The minimum atomic E-state index is 0.245. The number of benzene rings is 2. The summed E-state index contributed by atoms with van der Waals surface area (Å²) in [6.45, 7) is 3.58. The standard InChI is InChI=1S/C23H24N6O/c1-27-12-14-28(15-13-27)22(30)11-8-17-6-9-18(10-7-17)29-16-21(25-26-29)23-19-4-2-3-5-20(19)24-23/h2-7,9-10,16H,8,11-15H2,1H3. The first kappa shape index (κ1) is 18.7. The van der Waals surface area contributed by atoms with Crippen molar-refractivity contribution in [1.29, 1.82) is 0 Å². The number of amides is 1. The fraction of sp³-hybridized carbons (Fsp3) is 0.304. The molecule has 1 aromatic heterocycles. The first-order valence-corrected chi connectivity index (χ1v) is 10.3. The van der Waals surface area contributed by atoms with Crippen LogP contribution in [0.5, 0.6) is 0 Å². The maximum Gasteiger partial charge on any atom is 0.222 e. The monoisotopic (exact) mass is 400 g/mol. The van der Waals surface area contributed by atoms with Crippen LogP contribution in [0.3, 0.4) is 0 Å². The third-order valence-corrected chi connectivity index (χ3v) is 5.81. The summed E-state index contributed by atoms with van der Waals surface area (Å²) in [6.07, 6.45) is 3.21. The van der Waals surface area contributed by atoms with E-state index < -0.39 is 0 Å². The summed E-state index contributed by atoms with van der Waals surface area (Å²) in [6, 6.07) is 16.2. The van der Waals surface area contributed by atoms with Crippen LogP contribution in [0.2, 0.25) is 0 Å². The Balaban J connectivity index is 1.20. The molecule has 0 saturated carbocycles. The summed E-state index contributed by atoms with van der Waals surface area (Å²) in [5, 5.41) is 8.54. The molecule has 3 aromatic rings. The summed E-state index contributed by atoms with van der Waals surface area (Å²) < 4.78 is 1.76. The van der Waals surface area contributed by atoms with Gasteiger partial charge in [-0.3, -0.25) is 4.79 Å². The Morgan fingerprint density at radius 2 is 1.77 bits per heavy atom. The topological polar surface area (TPSA) is 66.6 Å². The Morgan fingerprint density at radius 3 is 2.53 bits per heavy atom. The van der Waals surface area contributed by atoms with Gasteiger partial charge in [-0.2, -0.15) is 0 Å². The van der Waals surface area contributed by atoms with Gasteiger partial charge < -0.3 is 9.80 Å². The van der Waals surface area contributed by atoms with Gasteiger partial charge in [-0.25, -0.2) is 9.67 Å². The number of fused-ring (bicyclic) bond motifs is 1. The van der Waals surface area contributed by atoms with E-state index in [2.05, 4.69) is 45.5 Å². The van der Waals surface area contributed by atoms with E-state index in [9.17, 15) is 4.79 Å². The van der Waals surface area contributed by atoms with Crippen molar-refractivity contribution in [3.8, 4) is 5.69 Å². The third-order valence-electron chi connectivity index (χ3n) is 5.81. The van der Waals surface area contributed by atoms with Gasteiger partial charge in [0.05, 0.1) is 17.6 Å². The molecule has 2 aliphatic heterocycles. The zero-order chi connectivity index (χ0) is 20.5. The predicted molar refractivity (Wildman–Crippen MR) is 115 cm³/mol. The molecule has 1 amide bonds. The van der Waals surface area contributed by atoms with E-state index in [0.717, 1.165) is 66.5 Å². The third kappa shape index (κ3) is 3.64. The first-order chi connectivity index (χ1) is 14.7.